The highest BCUT2D eigenvalue weighted by atomic mass is 16.5. The van der Waals surface area contributed by atoms with E-state index in [0.29, 0.717) is 0 Å². The molecule has 0 spiro atoms. The normalized spacial score (nSPS) is 12.9. The summed E-state index contributed by atoms with van der Waals surface area (Å²) in [5.74, 6) is 0. The topological polar surface area (TPSA) is 25.0 Å². The summed E-state index contributed by atoms with van der Waals surface area (Å²) >= 11 is 0. The first kappa shape index (κ1) is 14.8. The SMILES string of the molecule is CC.CC.Cc1c2c(cc3cc[nH]c13)COCC2. The molecule has 0 atom stereocenters. The molecule has 2 nitrogen and oxygen atoms in total. The van der Waals surface area contributed by atoms with E-state index in [1.54, 1.807) is 0 Å². The summed E-state index contributed by atoms with van der Waals surface area (Å²) < 4.78 is 5.47. The molecule has 0 radical (unpaired) electrons. The lowest BCUT2D eigenvalue weighted by molar-refractivity contribution is 0.110. The van der Waals surface area contributed by atoms with E-state index in [4.69, 9.17) is 4.74 Å². The molecule has 1 aromatic heterocycles. The van der Waals surface area contributed by atoms with Gasteiger partial charge in [-0.05, 0) is 42.2 Å². The molecule has 2 heteroatoms. The highest BCUT2D eigenvalue weighted by Gasteiger charge is 2.14. The van der Waals surface area contributed by atoms with E-state index in [1.165, 1.54) is 27.6 Å². The molecule has 2 aromatic rings. The summed E-state index contributed by atoms with van der Waals surface area (Å²) in [5.41, 5.74) is 5.52. The number of H-pyrrole nitrogens is 1. The molecule has 0 saturated carbocycles. The summed E-state index contributed by atoms with van der Waals surface area (Å²) in [6, 6.07) is 4.37. The molecule has 1 N–H and O–H groups in total. The Balaban J connectivity index is 0.000000371. The summed E-state index contributed by atoms with van der Waals surface area (Å²) in [6.45, 7) is 11.8. The number of fused-ring (bicyclic) bond motifs is 2. The van der Waals surface area contributed by atoms with Crippen molar-refractivity contribution in [1.82, 2.24) is 4.98 Å². The first-order valence-electron chi connectivity index (χ1n) is 7.02. The third kappa shape index (κ3) is 2.75. The third-order valence-electron chi connectivity index (χ3n) is 3.08. The largest absolute Gasteiger partial charge is 0.376 e. The van der Waals surface area contributed by atoms with Gasteiger partial charge in [0.05, 0.1) is 13.2 Å². The van der Waals surface area contributed by atoms with Gasteiger partial charge in [-0.1, -0.05) is 27.7 Å². The zero-order valence-electron chi connectivity index (χ0n) is 12.3. The van der Waals surface area contributed by atoms with Gasteiger partial charge in [0.15, 0.2) is 0 Å². The van der Waals surface area contributed by atoms with Gasteiger partial charge in [0, 0.05) is 17.1 Å². The van der Waals surface area contributed by atoms with Gasteiger partial charge in [0.1, 0.15) is 0 Å². The first-order chi connectivity index (χ1) is 8.86. The van der Waals surface area contributed by atoms with Crippen molar-refractivity contribution in [3.05, 3.63) is 35.0 Å². The van der Waals surface area contributed by atoms with Crippen molar-refractivity contribution in [1.29, 1.82) is 0 Å². The van der Waals surface area contributed by atoms with E-state index >= 15 is 0 Å². The van der Waals surface area contributed by atoms with Crippen molar-refractivity contribution < 1.29 is 4.74 Å². The zero-order valence-corrected chi connectivity index (χ0v) is 12.3. The number of aromatic nitrogens is 1. The molecule has 3 rings (SSSR count). The van der Waals surface area contributed by atoms with Gasteiger partial charge in [-0.2, -0.15) is 0 Å². The predicted molar refractivity (Wildman–Crippen MR) is 79.1 cm³/mol. The molecule has 18 heavy (non-hydrogen) atoms. The second-order valence-corrected chi connectivity index (χ2v) is 3.88. The van der Waals surface area contributed by atoms with Crippen LogP contribution in [0.3, 0.4) is 0 Å². The van der Waals surface area contributed by atoms with Crippen LogP contribution in [0, 0.1) is 6.92 Å². The average molecular weight is 247 g/mol. The molecule has 0 saturated heterocycles. The standard InChI is InChI=1S/C12H13NO.2C2H6/c1-8-11-3-5-14-7-10(11)6-9-2-4-13-12(8)9;2*1-2/h2,4,6,13H,3,5,7H2,1H3;2*1-2H3. The number of nitrogens with one attached hydrogen (secondary N) is 1. The zero-order chi connectivity index (χ0) is 13.5. The first-order valence-corrected chi connectivity index (χ1v) is 7.02. The minimum absolute atomic E-state index is 0.775. The average Bonchev–Trinajstić information content (AvgIpc) is 2.92. The molecule has 0 bridgehead atoms. The van der Waals surface area contributed by atoms with Crippen LogP contribution in [0.25, 0.3) is 10.9 Å². The van der Waals surface area contributed by atoms with Gasteiger partial charge in [-0.3, -0.25) is 0 Å². The van der Waals surface area contributed by atoms with Crippen LogP contribution < -0.4 is 0 Å². The van der Waals surface area contributed by atoms with Crippen molar-refractivity contribution >= 4 is 10.9 Å². The lowest BCUT2D eigenvalue weighted by Crippen LogP contribution is -2.11. The molecule has 1 aliphatic rings. The highest BCUT2D eigenvalue weighted by Crippen LogP contribution is 2.27. The van der Waals surface area contributed by atoms with Gasteiger partial charge < -0.3 is 9.72 Å². The smallest absolute Gasteiger partial charge is 0.0720 e. The second kappa shape index (κ2) is 7.22. The number of rotatable bonds is 0. The molecule has 2 heterocycles. The van der Waals surface area contributed by atoms with Crippen molar-refractivity contribution in [3.63, 3.8) is 0 Å². The van der Waals surface area contributed by atoms with Crippen LogP contribution in [-0.4, -0.2) is 11.6 Å². The van der Waals surface area contributed by atoms with Gasteiger partial charge in [-0.25, -0.2) is 0 Å². The quantitative estimate of drug-likeness (QED) is 0.723. The fourth-order valence-electron chi connectivity index (χ4n) is 2.33. The Kier molecular flexibility index (Phi) is 5.93. The predicted octanol–water partition coefficient (Wildman–Crippen LogP) is 4.60. The van der Waals surface area contributed by atoms with Gasteiger partial charge >= 0.3 is 0 Å². The summed E-state index contributed by atoms with van der Waals surface area (Å²) in [5, 5.41) is 1.30. The van der Waals surface area contributed by atoms with Crippen molar-refractivity contribution in [2.75, 3.05) is 6.61 Å². The molecule has 0 amide bonds. The van der Waals surface area contributed by atoms with E-state index in [0.717, 1.165) is 19.6 Å². The number of ether oxygens (including phenoxy) is 1. The Bertz CT molecular complexity index is 485. The second-order valence-electron chi connectivity index (χ2n) is 3.88. The Morgan fingerprint density at radius 1 is 1.17 bits per heavy atom. The molecule has 100 valence electrons. The lowest BCUT2D eigenvalue weighted by Gasteiger charge is -2.19. The number of aromatic amines is 1. The van der Waals surface area contributed by atoms with Crippen molar-refractivity contribution in [2.24, 2.45) is 0 Å². The summed E-state index contributed by atoms with van der Waals surface area (Å²) in [6.07, 6.45) is 3.06. The Labute approximate surface area is 110 Å². The number of hydrogen-bond acceptors (Lipinski definition) is 1. The fourth-order valence-corrected chi connectivity index (χ4v) is 2.33. The van der Waals surface area contributed by atoms with Crippen LogP contribution >= 0.6 is 0 Å². The molecule has 1 aromatic carbocycles. The maximum absolute atomic E-state index is 5.47. The van der Waals surface area contributed by atoms with Crippen LogP contribution in [0.5, 0.6) is 0 Å². The molecular formula is C16H25NO. The maximum Gasteiger partial charge on any atom is 0.0720 e. The van der Waals surface area contributed by atoms with Crippen LogP contribution in [0.1, 0.15) is 44.4 Å². The van der Waals surface area contributed by atoms with E-state index in [-0.39, 0.29) is 0 Å². The lowest BCUT2D eigenvalue weighted by atomic mass is 9.96. The number of aryl methyl sites for hydroxylation is 1. The minimum Gasteiger partial charge on any atom is -0.376 e. The highest BCUT2D eigenvalue weighted by molar-refractivity contribution is 5.84. The number of hydrogen-bond donors (Lipinski definition) is 1. The summed E-state index contributed by atoms with van der Waals surface area (Å²) in [7, 11) is 0. The fraction of sp³-hybridized carbons (Fsp3) is 0.500. The molecule has 1 aliphatic heterocycles. The van der Waals surface area contributed by atoms with Crippen LogP contribution in [-0.2, 0) is 17.8 Å². The summed E-state index contributed by atoms with van der Waals surface area (Å²) in [4.78, 5) is 3.30. The van der Waals surface area contributed by atoms with E-state index < -0.39 is 0 Å². The monoisotopic (exact) mass is 247 g/mol. The van der Waals surface area contributed by atoms with E-state index in [2.05, 4.69) is 24.0 Å². The third-order valence-corrected chi connectivity index (χ3v) is 3.08. The van der Waals surface area contributed by atoms with Gasteiger partial charge in [0.2, 0.25) is 0 Å². The molecule has 0 unspecified atom stereocenters. The van der Waals surface area contributed by atoms with E-state index in [9.17, 15) is 0 Å². The maximum atomic E-state index is 5.47. The van der Waals surface area contributed by atoms with Crippen LogP contribution in [0.2, 0.25) is 0 Å². The van der Waals surface area contributed by atoms with Gasteiger partial charge in [-0.15, -0.1) is 0 Å². The molecular weight excluding hydrogens is 222 g/mol. The van der Waals surface area contributed by atoms with Gasteiger partial charge in [0.25, 0.3) is 0 Å². The minimum atomic E-state index is 0.775. The van der Waals surface area contributed by atoms with E-state index in [1.807, 2.05) is 33.9 Å². The van der Waals surface area contributed by atoms with Crippen LogP contribution in [0.15, 0.2) is 18.3 Å². The Hall–Kier alpha value is -1.28. The Morgan fingerprint density at radius 2 is 1.89 bits per heavy atom. The van der Waals surface area contributed by atoms with Crippen LogP contribution in [0.4, 0.5) is 0 Å². The van der Waals surface area contributed by atoms with Crippen molar-refractivity contribution in [3.8, 4) is 0 Å². The Morgan fingerprint density at radius 3 is 2.61 bits per heavy atom. The van der Waals surface area contributed by atoms with Crippen molar-refractivity contribution in [2.45, 2.75) is 47.6 Å². The molecule has 0 aliphatic carbocycles. The number of benzene rings is 1. The molecule has 0 fully saturated rings.